The number of halogens is 1. The zero-order valence-electron chi connectivity index (χ0n) is 8.92. The van der Waals surface area contributed by atoms with Crippen LogP contribution < -0.4 is 21.3 Å². The summed E-state index contributed by atoms with van der Waals surface area (Å²) in [6.07, 6.45) is 0.732. The van der Waals surface area contributed by atoms with Gasteiger partial charge < -0.3 is 10.1 Å². The van der Waals surface area contributed by atoms with Gasteiger partial charge in [-0.15, -0.1) is 0 Å². The third-order valence-corrected chi connectivity index (χ3v) is 2.67. The molecule has 4 N–H and O–H groups in total. The minimum Gasteiger partial charge on any atom is -0.496 e. The molecule has 16 heavy (non-hydrogen) atoms. The van der Waals surface area contributed by atoms with Crippen molar-refractivity contribution in [3.63, 3.8) is 0 Å². The molecule has 0 heterocycles. The summed E-state index contributed by atoms with van der Waals surface area (Å²) in [5.74, 6) is 5.72. The SMILES string of the molecule is COc1ccc(CCNC(=O)NN)cc1Br. The van der Waals surface area contributed by atoms with E-state index in [2.05, 4.69) is 21.2 Å². The predicted octanol–water partition coefficient (Wildman–Crippen LogP) is 1.17. The number of methoxy groups -OCH3 is 1. The number of benzene rings is 1. The summed E-state index contributed by atoms with van der Waals surface area (Å²) in [7, 11) is 1.62. The van der Waals surface area contributed by atoms with E-state index >= 15 is 0 Å². The lowest BCUT2D eigenvalue weighted by atomic mass is 10.1. The van der Waals surface area contributed by atoms with Gasteiger partial charge >= 0.3 is 6.03 Å². The molecule has 2 amide bonds. The van der Waals surface area contributed by atoms with Gasteiger partial charge in [-0.1, -0.05) is 6.07 Å². The van der Waals surface area contributed by atoms with Crippen molar-refractivity contribution in [2.45, 2.75) is 6.42 Å². The molecular formula is C10H14BrN3O2. The van der Waals surface area contributed by atoms with Gasteiger partial charge in [-0.2, -0.15) is 0 Å². The van der Waals surface area contributed by atoms with Crippen LogP contribution >= 0.6 is 15.9 Å². The van der Waals surface area contributed by atoms with Crippen LogP contribution in [-0.2, 0) is 6.42 Å². The standard InChI is InChI=1S/C10H14BrN3O2/c1-16-9-3-2-7(6-8(9)11)4-5-13-10(15)14-12/h2-3,6H,4-5,12H2,1H3,(H2,13,14,15). The van der Waals surface area contributed by atoms with Crippen molar-refractivity contribution in [1.29, 1.82) is 0 Å². The van der Waals surface area contributed by atoms with Crippen molar-refractivity contribution in [2.75, 3.05) is 13.7 Å². The van der Waals surface area contributed by atoms with E-state index in [1.54, 1.807) is 7.11 Å². The highest BCUT2D eigenvalue weighted by atomic mass is 79.9. The first-order valence-corrected chi connectivity index (χ1v) is 5.53. The molecule has 0 saturated heterocycles. The molecule has 0 saturated carbocycles. The predicted molar refractivity (Wildman–Crippen MR) is 65.1 cm³/mol. The largest absolute Gasteiger partial charge is 0.496 e. The lowest BCUT2D eigenvalue weighted by molar-refractivity contribution is 0.241. The molecule has 88 valence electrons. The molecule has 6 heteroatoms. The smallest absolute Gasteiger partial charge is 0.328 e. The topological polar surface area (TPSA) is 76.4 Å². The maximum absolute atomic E-state index is 10.8. The number of rotatable bonds is 4. The van der Waals surface area contributed by atoms with Gasteiger partial charge in [0.15, 0.2) is 0 Å². The minimum absolute atomic E-state index is 0.382. The van der Waals surface area contributed by atoms with Crippen LogP contribution in [0.1, 0.15) is 5.56 Å². The number of urea groups is 1. The van der Waals surface area contributed by atoms with Crippen LogP contribution in [-0.4, -0.2) is 19.7 Å². The molecule has 0 aliphatic heterocycles. The van der Waals surface area contributed by atoms with Crippen molar-refractivity contribution in [2.24, 2.45) is 5.84 Å². The van der Waals surface area contributed by atoms with Crippen molar-refractivity contribution >= 4 is 22.0 Å². The normalized spacial score (nSPS) is 9.69. The van der Waals surface area contributed by atoms with Gasteiger partial charge in [0.1, 0.15) is 5.75 Å². The van der Waals surface area contributed by atoms with E-state index in [1.165, 1.54) is 0 Å². The Morgan fingerprint density at radius 3 is 2.88 bits per heavy atom. The number of carbonyl (C=O) groups is 1. The van der Waals surface area contributed by atoms with Gasteiger partial charge in [0.2, 0.25) is 0 Å². The molecule has 0 aliphatic carbocycles. The molecule has 0 fully saturated rings. The highest BCUT2D eigenvalue weighted by molar-refractivity contribution is 9.10. The molecule has 0 aliphatic rings. The monoisotopic (exact) mass is 287 g/mol. The van der Waals surface area contributed by atoms with Gasteiger partial charge in [-0.3, -0.25) is 5.43 Å². The fourth-order valence-corrected chi connectivity index (χ4v) is 1.82. The molecule has 0 atom stereocenters. The molecular weight excluding hydrogens is 274 g/mol. The summed E-state index contributed by atoms with van der Waals surface area (Å²) in [5.41, 5.74) is 3.10. The van der Waals surface area contributed by atoms with Crippen LogP contribution in [0.5, 0.6) is 5.75 Å². The van der Waals surface area contributed by atoms with E-state index in [-0.39, 0.29) is 6.03 Å². The summed E-state index contributed by atoms with van der Waals surface area (Å²) in [6.45, 7) is 0.530. The van der Waals surface area contributed by atoms with Crippen LogP contribution in [0, 0.1) is 0 Å². The molecule has 1 aromatic carbocycles. The number of amides is 2. The molecule has 0 aromatic heterocycles. The van der Waals surface area contributed by atoms with Crippen LogP contribution in [0.2, 0.25) is 0 Å². The summed E-state index contributed by atoms with van der Waals surface area (Å²) in [6, 6.07) is 5.40. The maximum Gasteiger partial charge on any atom is 0.328 e. The van der Waals surface area contributed by atoms with Crippen molar-refractivity contribution in [3.8, 4) is 5.75 Å². The second-order valence-corrected chi connectivity index (χ2v) is 3.97. The first kappa shape index (κ1) is 12.8. The van der Waals surface area contributed by atoms with E-state index in [4.69, 9.17) is 10.6 Å². The van der Waals surface area contributed by atoms with Crippen LogP contribution in [0.15, 0.2) is 22.7 Å². The Hall–Kier alpha value is -1.27. The van der Waals surface area contributed by atoms with E-state index in [9.17, 15) is 4.79 Å². The first-order chi connectivity index (χ1) is 7.67. The Morgan fingerprint density at radius 2 is 2.31 bits per heavy atom. The van der Waals surface area contributed by atoms with E-state index < -0.39 is 0 Å². The second kappa shape index (κ2) is 6.34. The van der Waals surface area contributed by atoms with Crippen molar-refractivity contribution in [1.82, 2.24) is 10.7 Å². The number of carbonyl (C=O) groups excluding carboxylic acids is 1. The summed E-state index contributed by atoms with van der Waals surface area (Å²) in [5, 5.41) is 2.61. The molecule has 0 radical (unpaired) electrons. The molecule has 0 bridgehead atoms. The fraction of sp³-hybridized carbons (Fsp3) is 0.300. The number of nitrogens with two attached hydrogens (primary N) is 1. The van der Waals surface area contributed by atoms with Gasteiger partial charge in [-0.05, 0) is 40.0 Å². The maximum atomic E-state index is 10.8. The van der Waals surface area contributed by atoms with Crippen molar-refractivity contribution in [3.05, 3.63) is 28.2 Å². The number of ether oxygens (including phenoxy) is 1. The summed E-state index contributed by atoms with van der Waals surface area (Å²) < 4.78 is 6.02. The first-order valence-electron chi connectivity index (χ1n) is 4.74. The summed E-state index contributed by atoms with van der Waals surface area (Å²) >= 11 is 3.40. The number of hydrogen-bond donors (Lipinski definition) is 3. The third-order valence-electron chi connectivity index (χ3n) is 2.05. The minimum atomic E-state index is -0.382. The van der Waals surface area contributed by atoms with Crippen LogP contribution in [0.3, 0.4) is 0 Å². The number of nitrogens with one attached hydrogen (secondary N) is 2. The zero-order valence-corrected chi connectivity index (χ0v) is 10.5. The second-order valence-electron chi connectivity index (χ2n) is 3.12. The molecule has 0 spiro atoms. The Bertz CT molecular complexity index is 371. The quantitative estimate of drug-likeness (QED) is 0.442. The number of hydrogen-bond acceptors (Lipinski definition) is 3. The van der Waals surface area contributed by atoms with Crippen LogP contribution in [0.25, 0.3) is 0 Å². The van der Waals surface area contributed by atoms with Gasteiger partial charge in [0, 0.05) is 6.54 Å². The third kappa shape index (κ3) is 3.71. The Balaban J connectivity index is 2.49. The lowest BCUT2D eigenvalue weighted by Gasteiger charge is -2.07. The van der Waals surface area contributed by atoms with E-state index in [0.29, 0.717) is 6.54 Å². The molecule has 1 rings (SSSR count). The zero-order chi connectivity index (χ0) is 12.0. The lowest BCUT2D eigenvalue weighted by Crippen LogP contribution is -2.40. The highest BCUT2D eigenvalue weighted by Crippen LogP contribution is 2.25. The Labute approximate surface area is 102 Å². The van der Waals surface area contributed by atoms with Gasteiger partial charge in [0.05, 0.1) is 11.6 Å². The Kier molecular flexibility index (Phi) is 5.07. The summed E-state index contributed by atoms with van der Waals surface area (Å²) in [4.78, 5) is 10.8. The Morgan fingerprint density at radius 1 is 1.56 bits per heavy atom. The molecule has 0 unspecified atom stereocenters. The van der Waals surface area contributed by atoms with Crippen LogP contribution in [0.4, 0.5) is 4.79 Å². The van der Waals surface area contributed by atoms with Gasteiger partial charge in [-0.25, -0.2) is 10.6 Å². The molecule has 5 nitrogen and oxygen atoms in total. The van der Waals surface area contributed by atoms with Crippen molar-refractivity contribution < 1.29 is 9.53 Å². The molecule has 1 aromatic rings. The van der Waals surface area contributed by atoms with Gasteiger partial charge in [0.25, 0.3) is 0 Å². The average molecular weight is 288 g/mol. The van der Waals surface area contributed by atoms with E-state index in [0.717, 1.165) is 22.2 Å². The van der Waals surface area contributed by atoms with E-state index in [1.807, 2.05) is 23.6 Å². The average Bonchev–Trinajstić information content (AvgIpc) is 2.29. The number of hydrazine groups is 1. The highest BCUT2D eigenvalue weighted by Gasteiger charge is 2.02. The fourth-order valence-electron chi connectivity index (χ4n) is 1.24.